The van der Waals surface area contributed by atoms with Crippen LogP contribution in [-0.4, -0.2) is 27.2 Å². The topological polar surface area (TPSA) is 71.0 Å². The number of H-pyrrole nitrogens is 1. The van der Waals surface area contributed by atoms with Crippen LogP contribution in [0.3, 0.4) is 0 Å². The molecule has 29 heavy (non-hydrogen) atoms. The Kier molecular flexibility index (Phi) is 4.22. The van der Waals surface area contributed by atoms with Crippen molar-refractivity contribution in [2.45, 2.75) is 6.61 Å². The molecule has 142 valence electrons. The number of hydrogen-bond donors (Lipinski definition) is 2. The van der Waals surface area contributed by atoms with Crippen LogP contribution < -0.4 is 4.74 Å². The number of nitrogens with one attached hydrogen (secondary N) is 1. The fourth-order valence-corrected chi connectivity index (χ4v) is 3.89. The summed E-state index contributed by atoms with van der Waals surface area (Å²) in [5.41, 5.74) is 6.54. The van der Waals surface area contributed by atoms with Crippen molar-refractivity contribution in [1.29, 1.82) is 0 Å². The van der Waals surface area contributed by atoms with Crippen molar-refractivity contribution in [3.05, 3.63) is 78.8 Å². The van der Waals surface area contributed by atoms with E-state index in [1.807, 2.05) is 60.9 Å². The van der Waals surface area contributed by atoms with Crippen molar-refractivity contribution in [3.8, 4) is 28.1 Å². The Hall–Kier alpha value is -3.70. The molecular formula is C24H19N3O2. The van der Waals surface area contributed by atoms with Gasteiger partial charge in [-0.2, -0.15) is 0 Å². The number of ether oxygens (including phenoxy) is 1. The number of hydrogen-bond acceptors (Lipinski definition) is 4. The fraction of sp³-hybridized carbons (Fsp3) is 0.0833. The van der Waals surface area contributed by atoms with Crippen LogP contribution in [0.2, 0.25) is 0 Å². The third kappa shape index (κ3) is 2.83. The van der Waals surface area contributed by atoms with Gasteiger partial charge in [0.25, 0.3) is 0 Å². The van der Waals surface area contributed by atoms with Gasteiger partial charge in [-0.1, -0.05) is 24.3 Å². The molecule has 0 radical (unpaired) electrons. The van der Waals surface area contributed by atoms with Crippen LogP contribution in [0.4, 0.5) is 0 Å². The summed E-state index contributed by atoms with van der Waals surface area (Å²) in [6.45, 7) is -0.0411. The quantitative estimate of drug-likeness (QED) is 0.462. The van der Waals surface area contributed by atoms with Gasteiger partial charge in [0.15, 0.2) is 0 Å². The molecule has 3 aromatic heterocycles. The number of methoxy groups -OCH3 is 1. The zero-order valence-corrected chi connectivity index (χ0v) is 15.9. The van der Waals surface area contributed by atoms with Crippen molar-refractivity contribution < 1.29 is 9.84 Å². The first-order chi connectivity index (χ1) is 14.3. The predicted octanol–water partition coefficient (Wildman–Crippen LogP) is 4.95. The summed E-state index contributed by atoms with van der Waals surface area (Å²) < 4.78 is 5.72. The third-order valence-electron chi connectivity index (χ3n) is 5.24. The number of pyridine rings is 2. The van der Waals surface area contributed by atoms with Crippen molar-refractivity contribution >= 4 is 21.8 Å². The second-order valence-corrected chi connectivity index (χ2v) is 6.86. The van der Waals surface area contributed by atoms with Crippen LogP contribution in [0.15, 0.2) is 73.2 Å². The Bertz CT molecular complexity index is 1330. The molecule has 5 heteroatoms. The van der Waals surface area contributed by atoms with Gasteiger partial charge in [0, 0.05) is 39.8 Å². The van der Waals surface area contributed by atoms with Gasteiger partial charge < -0.3 is 14.8 Å². The fourth-order valence-electron chi connectivity index (χ4n) is 3.89. The molecule has 0 spiro atoms. The zero-order chi connectivity index (χ0) is 19.8. The summed E-state index contributed by atoms with van der Waals surface area (Å²) in [5, 5.41) is 12.0. The zero-order valence-electron chi connectivity index (χ0n) is 15.9. The summed E-state index contributed by atoms with van der Waals surface area (Å²) in [6.07, 6.45) is 5.42. The highest BCUT2D eigenvalue weighted by atomic mass is 16.5. The molecule has 5 rings (SSSR count). The van der Waals surface area contributed by atoms with Gasteiger partial charge in [-0.15, -0.1) is 0 Å². The highest BCUT2D eigenvalue weighted by Gasteiger charge is 2.18. The lowest BCUT2D eigenvalue weighted by Gasteiger charge is -2.14. The van der Waals surface area contributed by atoms with Gasteiger partial charge in [-0.05, 0) is 41.5 Å². The SMILES string of the molecule is COc1ccc2[nH]c3cnc(-c4cccnc4)cc3c2c1-c1ccccc1CO. The molecule has 3 heterocycles. The summed E-state index contributed by atoms with van der Waals surface area (Å²) in [7, 11) is 1.67. The first kappa shape index (κ1) is 17.4. The van der Waals surface area contributed by atoms with Gasteiger partial charge in [0.2, 0.25) is 0 Å². The number of aromatic nitrogens is 3. The smallest absolute Gasteiger partial charge is 0.127 e. The number of rotatable bonds is 4. The molecule has 0 fully saturated rings. The molecule has 0 unspecified atom stereocenters. The molecule has 0 bridgehead atoms. The second kappa shape index (κ2) is 7.04. The largest absolute Gasteiger partial charge is 0.496 e. The normalized spacial score (nSPS) is 11.2. The monoisotopic (exact) mass is 381 g/mol. The summed E-state index contributed by atoms with van der Waals surface area (Å²) in [4.78, 5) is 12.3. The minimum Gasteiger partial charge on any atom is -0.496 e. The maximum atomic E-state index is 9.91. The highest BCUT2D eigenvalue weighted by Crippen LogP contribution is 2.42. The van der Waals surface area contributed by atoms with Gasteiger partial charge in [-0.25, -0.2) is 0 Å². The van der Waals surface area contributed by atoms with E-state index in [0.29, 0.717) is 0 Å². The standard InChI is InChI=1S/C24H19N3O2/c1-29-22-9-8-19-23(24(22)17-7-3-2-5-16(17)14-28)18-11-20(26-13-21(18)27-19)15-6-4-10-25-12-15/h2-13,27-28H,14H2,1H3. The van der Waals surface area contributed by atoms with Crippen LogP contribution >= 0.6 is 0 Å². The Labute approximate surface area is 167 Å². The molecule has 0 saturated carbocycles. The molecule has 0 aliphatic carbocycles. The number of benzene rings is 2. The third-order valence-corrected chi connectivity index (χ3v) is 5.24. The van der Waals surface area contributed by atoms with E-state index in [9.17, 15) is 5.11 Å². The Morgan fingerprint density at radius 1 is 1.00 bits per heavy atom. The molecule has 5 nitrogen and oxygen atoms in total. The van der Waals surface area contributed by atoms with E-state index in [0.717, 1.165) is 55.5 Å². The summed E-state index contributed by atoms with van der Waals surface area (Å²) in [5.74, 6) is 0.763. The van der Waals surface area contributed by atoms with Crippen LogP contribution in [0, 0.1) is 0 Å². The van der Waals surface area contributed by atoms with E-state index >= 15 is 0 Å². The molecule has 0 aliphatic rings. The Balaban J connectivity index is 1.88. The lowest BCUT2D eigenvalue weighted by Crippen LogP contribution is -1.94. The van der Waals surface area contributed by atoms with Crippen LogP contribution in [0.1, 0.15) is 5.56 Å². The van der Waals surface area contributed by atoms with Crippen molar-refractivity contribution in [2.75, 3.05) is 7.11 Å². The van der Waals surface area contributed by atoms with Gasteiger partial charge >= 0.3 is 0 Å². The van der Waals surface area contributed by atoms with Crippen molar-refractivity contribution in [3.63, 3.8) is 0 Å². The lowest BCUT2D eigenvalue weighted by atomic mass is 9.94. The first-order valence-corrected chi connectivity index (χ1v) is 9.38. The first-order valence-electron chi connectivity index (χ1n) is 9.38. The average molecular weight is 381 g/mol. The van der Waals surface area contributed by atoms with Gasteiger partial charge in [0.1, 0.15) is 5.75 Å². The van der Waals surface area contributed by atoms with Crippen LogP contribution in [-0.2, 0) is 6.61 Å². The summed E-state index contributed by atoms with van der Waals surface area (Å²) in [6, 6.07) is 17.8. The van der Waals surface area contributed by atoms with Crippen molar-refractivity contribution in [1.82, 2.24) is 15.0 Å². The summed E-state index contributed by atoms with van der Waals surface area (Å²) >= 11 is 0. The molecule has 0 amide bonds. The minimum absolute atomic E-state index is 0.0411. The maximum Gasteiger partial charge on any atom is 0.127 e. The minimum atomic E-state index is -0.0411. The Morgan fingerprint density at radius 3 is 2.69 bits per heavy atom. The van der Waals surface area contributed by atoms with Crippen molar-refractivity contribution in [2.24, 2.45) is 0 Å². The molecule has 2 aromatic carbocycles. The molecule has 0 saturated heterocycles. The average Bonchev–Trinajstić information content (AvgIpc) is 3.17. The molecule has 5 aromatic rings. The van der Waals surface area contributed by atoms with E-state index in [1.54, 1.807) is 13.3 Å². The lowest BCUT2D eigenvalue weighted by molar-refractivity contribution is 0.282. The van der Waals surface area contributed by atoms with E-state index < -0.39 is 0 Å². The van der Waals surface area contributed by atoms with E-state index in [4.69, 9.17) is 4.74 Å². The number of fused-ring (bicyclic) bond motifs is 3. The van der Waals surface area contributed by atoms with Gasteiger partial charge in [-0.3, -0.25) is 9.97 Å². The number of aliphatic hydroxyl groups excluding tert-OH is 1. The van der Waals surface area contributed by atoms with Gasteiger partial charge in [0.05, 0.1) is 31.1 Å². The maximum absolute atomic E-state index is 9.91. The second-order valence-electron chi connectivity index (χ2n) is 6.86. The molecular weight excluding hydrogens is 362 g/mol. The van der Waals surface area contributed by atoms with Crippen LogP contribution in [0.5, 0.6) is 5.75 Å². The van der Waals surface area contributed by atoms with E-state index in [-0.39, 0.29) is 6.61 Å². The number of aromatic amines is 1. The Morgan fingerprint density at radius 2 is 1.90 bits per heavy atom. The molecule has 0 aliphatic heterocycles. The van der Waals surface area contributed by atoms with Crippen LogP contribution in [0.25, 0.3) is 44.2 Å². The van der Waals surface area contributed by atoms with E-state index in [2.05, 4.69) is 21.0 Å². The predicted molar refractivity (Wildman–Crippen MR) is 115 cm³/mol. The number of nitrogens with zero attached hydrogens (tertiary/aromatic N) is 2. The number of aliphatic hydroxyl groups is 1. The van der Waals surface area contributed by atoms with E-state index in [1.165, 1.54) is 0 Å². The molecule has 0 atom stereocenters. The highest BCUT2D eigenvalue weighted by molar-refractivity contribution is 6.16. The molecule has 2 N–H and O–H groups in total.